The lowest BCUT2D eigenvalue weighted by Gasteiger charge is -2.09. The minimum Gasteiger partial charge on any atom is -0.462 e. The van der Waals surface area contributed by atoms with Gasteiger partial charge in [-0.25, -0.2) is 9.78 Å². The van der Waals surface area contributed by atoms with E-state index in [0.29, 0.717) is 16.4 Å². The molecule has 0 spiro atoms. The maximum absolute atomic E-state index is 12.4. The lowest BCUT2D eigenvalue weighted by Crippen LogP contribution is -2.17. The number of aromatic amines is 1. The maximum atomic E-state index is 12.4. The van der Waals surface area contributed by atoms with Crippen molar-refractivity contribution < 1.29 is 14.3 Å². The molecule has 0 saturated carbocycles. The van der Waals surface area contributed by atoms with E-state index in [2.05, 4.69) is 27.4 Å². The minimum absolute atomic E-state index is 0.175. The second-order valence-corrected chi connectivity index (χ2v) is 7.34. The molecule has 2 aromatic carbocycles. The molecule has 1 aromatic heterocycles. The Kier molecular flexibility index (Phi) is 7.08. The van der Waals surface area contributed by atoms with Gasteiger partial charge in [-0.15, -0.1) is 0 Å². The van der Waals surface area contributed by atoms with Crippen molar-refractivity contribution in [2.45, 2.75) is 25.4 Å². The summed E-state index contributed by atoms with van der Waals surface area (Å²) in [5.74, 6) is -0.497. The number of imidazole rings is 1. The van der Waals surface area contributed by atoms with Crippen LogP contribution in [-0.4, -0.2) is 34.2 Å². The van der Waals surface area contributed by atoms with Gasteiger partial charge >= 0.3 is 5.97 Å². The summed E-state index contributed by atoms with van der Waals surface area (Å²) in [7, 11) is 0. The van der Waals surface area contributed by atoms with E-state index < -0.39 is 5.97 Å². The van der Waals surface area contributed by atoms with Crippen LogP contribution in [0, 0.1) is 6.92 Å². The number of carbonyl (C=O) groups excluding carboxylic acids is 2. The number of anilines is 1. The first-order chi connectivity index (χ1) is 14.1. The molecule has 0 aliphatic rings. The molecule has 2 N–H and O–H groups in total. The van der Waals surface area contributed by atoms with Crippen LogP contribution in [0.25, 0.3) is 0 Å². The van der Waals surface area contributed by atoms with Crippen molar-refractivity contribution in [1.29, 1.82) is 0 Å². The number of aromatic nitrogens is 2. The number of rotatable bonds is 8. The molecule has 0 unspecified atom stereocenters. The third kappa shape index (κ3) is 5.71. The number of benzene rings is 2. The molecule has 0 bridgehead atoms. The van der Waals surface area contributed by atoms with Gasteiger partial charge in [0.1, 0.15) is 0 Å². The van der Waals surface area contributed by atoms with Crippen molar-refractivity contribution in [3.8, 4) is 0 Å². The average Bonchev–Trinajstić information content (AvgIpc) is 3.07. The van der Waals surface area contributed by atoms with Crippen LogP contribution in [-0.2, 0) is 16.0 Å². The number of aryl methyl sites for hydroxylation is 1. The van der Waals surface area contributed by atoms with Crippen molar-refractivity contribution in [1.82, 2.24) is 9.97 Å². The number of carbonyl (C=O) groups is 2. The number of ether oxygens (including phenoxy) is 1. The molecule has 0 radical (unpaired) electrons. The van der Waals surface area contributed by atoms with Crippen molar-refractivity contribution in [3.05, 3.63) is 77.1 Å². The number of H-pyrrole nitrogens is 1. The Morgan fingerprint density at radius 3 is 2.59 bits per heavy atom. The Labute approximate surface area is 174 Å². The largest absolute Gasteiger partial charge is 0.462 e. The molecule has 0 fully saturated rings. The molecule has 3 aromatic rings. The summed E-state index contributed by atoms with van der Waals surface area (Å²) in [6.45, 7) is 4.00. The van der Waals surface area contributed by atoms with E-state index in [4.69, 9.17) is 4.74 Å². The summed E-state index contributed by atoms with van der Waals surface area (Å²) in [4.78, 5) is 32.2. The van der Waals surface area contributed by atoms with Crippen molar-refractivity contribution in [2.24, 2.45) is 0 Å². The van der Waals surface area contributed by atoms with Gasteiger partial charge in [-0.05, 0) is 31.5 Å². The number of thioether (sulfide) groups is 1. The number of hydrogen-bond donors (Lipinski definition) is 2. The quantitative estimate of drug-likeness (QED) is 0.430. The van der Waals surface area contributed by atoms with E-state index in [0.717, 1.165) is 17.8 Å². The predicted molar refractivity (Wildman–Crippen MR) is 114 cm³/mol. The van der Waals surface area contributed by atoms with Gasteiger partial charge in [-0.1, -0.05) is 54.2 Å². The molecular weight excluding hydrogens is 386 g/mol. The Morgan fingerprint density at radius 1 is 1.10 bits per heavy atom. The van der Waals surface area contributed by atoms with Crippen LogP contribution in [0.4, 0.5) is 5.69 Å². The second kappa shape index (κ2) is 9.93. The number of amides is 1. The molecule has 0 aliphatic heterocycles. The van der Waals surface area contributed by atoms with Gasteiger partial charge in [0, 0.05) is 12.1 Å². The highest BCUT2D eigenvalue weighted by atomic mass is 32.2. The molecule has 0 atom stereocenters. The monoisotopic (exact) mass is 409 g/mol. The van der Waals surface area contributed by atoms with Gasteiger partial charge in [0.25, 0.3) is 0 Å². The molecule has 0 aliphatic carbocycles. The van der Waals surface area contributed by atoms with E-state index in [1.807, 2.05) is 25.1 Å². The molecule has 29 heavy (non-hydrogen) atoms. The predicted octanol–water partition coefficient (Wildman–Crippen LogP) is 4.22. The lowest BCUT2D eigenvalue weighted by atomic mass is 10.1. The van der Waals surface area contributed by atoms with E-state index in [1.54, 1.807) is 31.2 Å². The third-order valence-electron chi connectivity index (χ3n) is 4.21. The summed E-state index contributed by atoms with van der Waals surface area (Å²) in [6.07, 6.45) is 0.739. The van der Waals surface area contributed by atoms with Gasteiger partial charge in [-0.2, -0.15) is 0 Å². The average molecular weight is 410 g/mol. The van der Waals surface area contributed by atoms with E-state index in [-0.39, 0.29) is 18.3 Å². The van der Waals surface area contributed by atoms with E-state index in [1.165, 1.54) is 17.3 Å². The fourth-order valence-electron chi connectivity index (χ4n) is 2.80. The highest BCUT2D eigenvalue weighted by molar-refractivity contribution is 7.99. The minimum atomic E-state index is -0.455. The standard InChI is InChI=1S/C22H23N3O3S/c1-3-28-21(27)17-11-7-8-12-18(17)24-20(26)14-29-22-23-15(2)19(25-22)13-16-9-5-4-6-10-16/h4-12H,3,13-14H2,1-2H3,(H,23,25)(H,24,26). The summed E-state index contributed by atoms with van der Waals surface area (Å²) in [6, 6.07) is 16.9. The number of para-hydroxylation sites is 1. The molecule has 1 heterocycles. The van der Waals surface area contributed by atoms with E-state index >= 15 is 0 Å². The van der Waals surface area contributed by atoms with Crippen LogP contribution < -0.4 is 5.32 Å². The first-order valence-corrected chi connectivity index (χ1v) is 10.3. The van der Waals surface area contributed by atoms with Gasteiger partial charge < -0.3 is 15.0 Å². The third-order valence-corrected chi connectivity index (χ3v) is 5.09. The van der Waals surface area contributed by atoms with Crippen LogP contribution in [0.2, 0.25) is 0 Å². The van der Waals surface area contributed by atoms with Crippen LogP contribution in [0.3, 0.4) is 0 Å². The van der Waals surface area contributed by atoms with Crippen LogP contribution >= 0.6 is 11.8 Å². The Hall–Kier alpha value is -3.06. The number of hydrogen-bond acceptors (Lipinski definition) is 5. The number of esters is 1. The van der Waals surface area contributed by atoms with Crippen LogP contribution in [0.5, 0.6) is 0 Å². The van der Waals surface area contributed by atoms with Crippen molar-refractivity contribution in [2.75, 3.05) is 17.7 Å². The fourth-order valence-corrected chi connectivity index (χ4v) is 3.54. The highest BCUT2D eigenvalue weighted by Gasteiger charge is 2.15. The Morgan fingerprint density at radius 2 is 1.83 bits per heavy atom. The molecule has 6 nitrogen and oxygen atoms in total. The zero-order valence-electron chi connectivity index (χ0n) is 16.4. The number of nitrogens with zero attached hydrogens (tertiary/aromatic N) is 1. The summed E-state index contributed by atoms with van der Waals surface area (Å²) >= 11 is 1.32. The summed E-state index contributed by atoms with van der Waals surface area (Å²) < 4.78 is 5.03. The Bertz CT molecular complexity index is 986. The van der Waals surface area contributed by atoms with Gasteiger partial charge in [0.2, 0.25) is 5.91 Å². The normalized spacial score (nSPS) is 10.6. The molecule has 1 amide bonds. The highest BCUT2D eigenvalue weighted by Crippen LogP contribution is 2.21. The first kappa shape index (κ1) is 20.7. The summed E-state index contributed by atoms with van der Waals surface area (Å²) in [5.41, 5.74) is 3.92. The van der Waals surface area contributed by atoms with Crippen molar-refractivity contribution >= 4 is 29.3 Å². The van der Waals surface area contributed by atoms with Gasteiger partial charge in [-0.3, -0.25) is 4.79 Å². The molecular formula is C22H23N3O3S. The fraction of sp³-hybridized carbons (Fsp3) is 0.227. The van der Waals surface area contributed by atoms with Crippen LogP contribution in [0.15, 0.2) is 59.8 Å². The van der Waals surface area contributed by atoms with Crippen molar-refractivity contribution in [3.63, 3.8) is 0 Å². The second-order valence-electron chi connectivity index (χ2n) is 6.38. The maximum Gasteiger partial charge on any atom is 0.340 e. The lowest BCUT2D eigenvalue weighted by molar-refractivity contribution is -0.113. The van der Waals surface area contributed by atoms with Crippen LogP contribution in [0.1, 0.15) is 34.2 Å². The molecule has 7 heteroatoms. The Balaban J connectivity index is 1.59. The van der Waals surface area contributed by atoms with Gasteiger partial charge in [0.15, 0.2) is 5.16 Å². The smallest absolute Gasteiger partial charge is 0.340 e. The van der Waals surface area contributed by atoms with E-state index in [9.17, 15) is 9.59 Å². The first-order valence-electron chi connectivity index (χ1n) is 9.35. The summed E-state index contributed by atoms with van der Waals surface area (Å²) in [5, 5.41) is 3.48. The SMILES string of the molecule is CCOC(=O)c1ccccc1NC(=O)CSc1nc(Cc2ccccc2)c(C)[nH]1. The molecule has 3 rings (SSSR count). The molecule has 0 saturated heterocycles. The zero-order valence-corrected chi connectivity index (χ0v) is 17.2. The molecule has 150 valence electrons. The topological polar surface area (TPSA) is 84.1 Å². The zero-order chi connectivity index (χ0) is 20.6. The number of nitrogens with one attached hydrogen (secondary N) is 2. The van der Waals surface area contributed by atoms with Gasteiger partial charge in [0.05, 0.1) is 29.3 Å².